The van der Waals surface area contributed by atoms with Gasteiger partial charge < -0.3 is 14.2 Å². The van der Waals surface area contributed by atoms with E-state index in [2.05, 4.69) is 20.2 Å². The highest BCUT2D eigenvalue weighted by Gasteiger charge is 2.50. The first-order valence-electron chi connectivity index (χ1n) is 7.99. The number of hydrogen-bond donors (Lipinski definition) is 0. The molecule has 0 bridgehead atoms. The molecular formula is C15H16F2N6O2. The number of fused-ring (bicyclic) bond motifs is 1. The molecule has 0 spiro atoms. The number of ether oxygens (including phenoxy) is 1. The van der Waals surface area contributed by atoms with E-state index in [0.29, 0.717) is 24.7 Å². The fraction of sp³-hybridized carbons (Fsp3) is 0.533. The fourth-order valence-corrected chi connectivity index (χ4v) is 3.10. The minimum absolute atomic E-state index is 0.166. The molecule has 25 heavy (non-hydrogen) atoms. The van der Waals surface area contributed by atoms with Gasteiger partial charge in [0.05, 0.1) is 6.54 Å². The maximum absolute atomic E-state index is 13.0. The van der Waals surface area contributed by atoms with Crippen molar-refractivity contribution in [3.05, 3.63) is 30.1 Å². The van der Waals surface area contributed by atoms with Crippen LogP contribution < -0.4 is 4.74 Å². The standard InChI is InChI=1S/C15H16F2N6O2/c16-15(17)6-10(7-15)13(24)22-4-5-23-11(8-22)20-21-12(23)9-25-14-18-2-1-3-19-14/h1-3,10H,4-9H2. The molecule has 0 N–H and O–H groups in total. The molecule has 132 valence electrons. The molecule has 8 nitrogen and oxygen atoms in total. The van der Waals surface area contributed by atoms with Gasteiger partial charge in [0.15, 0.2) is 18.3 Å². The summed E-state index contributed by atoms with van der Waals surface area (Å²) >= 11 is 0. The Labute approximate surface area is 141 Å². The average molecular weight is 350 g/mol. The van der Waals surface area contributed by atoms with E-state index in [1.54, 1.807) is 23.4 Å². The molecule has 2 aromatic heterocycles. The van der Waals surface area contributed by atoms with E-state index in [1.165, 1.54) is 0 Å². The summed E-state index contributed by atoms with van der Waals surface area (Å²) < 4.78 is 33.3. The zero-order chi connectivity index (χ0) is 17.4. The van der Waals surface area contributed by atoms with E-state index in [4.69, 9.17) is 4.74 Å². The normalized spacial score (nSPS) is 19.2. The van der Waals surface area contributed by atoms with Crippen molar-refractivity contribution in [2.24, 2.45) is 5.92 Å². The molecule has 1 aliphatic carbocycles. The van der Waals surface area contributed by atoms with Crippen LogP contribution in [0.2, 0.25) is 0 Å². The highest BCUT2D eigenvalue weighted by atomic mass is 19.3. The maximum Gasteiger partial charge on any atom is 0.316 e. The Kier molecular flexibility index (Phi) is 3.81. The minimum Gasteiger partial charge on any atom is -0.455 e. The van der Waals surface area contributed by atoms with Crippen LogP contribution in [0.15, 0.2) is 18.5 Å². The summed E-state index contributed by atoms with van der Waals surface area (Å²) in [5.74, 6) is -2.26. The Morgan fingerprint density at radius 2 is 2.00 bits per heavy atom. The molecule has 2 aromatic rings. The second kappa shape index (κ2) is 6.01. The van der Waals surface area contributed by atoms with Gasteiger partial charge in [-0.05, 0) is 6.07 Å². The Balaban J connectivity index is 1.38. The first-order valence-corrected chi connectivity index (χ1v) is 7.99. The van der Waals surface area contributed by atoms with Crippen molar-refractivity contribution in [2.75, 3.05) is 6.54 Å². The minimum atomic E-state index is -2.69. The van der Waals surface area contributed by atoms with E-state index >= 15 is 0 Å². The molecule has 1 fully saturated rings. The van der Waals surface area contributed by atoms with Crippen LogP contribution in [0.1, 0.15) is 24.5 Å². The van der Waals surface area contributed by atoms with Crippen LogP contribution in [0, 0.1) is 5.92 Å². The number of alkyl halides is 2. The second-order valence-corrected chi connectivity index (χ2v) is 6.23. The predicted molar refractivity (Wildman–Crippen MR) is 79.5 cm³/mol. The van der Waals surface area contributed by atoms with Gasteiger partial charge in [0.1, 0.15) is 0 Å². The Morgan fingerprint density at radius 3 is 2.72 bits per heavy atom. The van der Waals surface area contributed by atoms with Crippen molar-refractivity contribution in [1.29, 1.82) is 0 Å². The summed E-state index contributed by atoms with van der Waals surface area (Å²) in [5, 5.41) is 8.17. The van der Waals surface area contributed by atoms with Crippen LogP contribution in [0.3, 0.4) is 0 Å². The molecule has 1 aliphatic heterocycles. The summed E-state index contributed by atoms with van der Waals surface area (Å²) in [6.07, 6.45) is 2.44. The van der Waals surface area contributed by atoms with E-state index in [9.17, 15) is 13.6 Å². The number of halogens is 2. The van der Waals surface area contributed by atoms with Gasteiger partial charge >= 0.3 is 6.01 Å². The van der Waals surface area contributed by atoms with Crippen molar-refractivity contribution in [3.63, 3.8) is 0 Å². The van der Waals surface area contributed by atoms with Crippen LogP contribution in [0.25, 0.3) is 0 Å². The van der Waals surface area contributed by atoms with E-state index in [-0.39, 0.29) is 37.9 Å². The third-order valence-electron chi connectivity index (χ3n) is 4.45. The number of aromatic nitrogens is 5. The monoisotopic (exact) mass is 350 g/mol. The summed E-state index contributed by atoms with van der Waals surface area (Å²) in [7, 11) is 0. The number of nitrogens with zero attached hydrogens (tertiary/aromatic N) is 6. The maximum atomic E-state index is 13.0. The molecule has 1 saturated carbocycles. The number of amides is 1. The van der Waals surface area contributed by atoms with Gasteiger partial charge in [0.2, 0.25) is 11.8 Å². The molecule has 3 heterocycles. The molecule has 0 radical (unpaired) electrons. The Morgan fingerprint density at radius 1 is 1.24 bits per heavy atom. The van der Waals surface area contributed by atoms with Crippen LogP contribution in [-0.4, -0.2) is 48.0 Å². The molecule has 0 saturated heterocycles. The summed E-state index contributed by atoms with van der Waals surface area (Å²) in [6.45, 7) is 1.39. The molecule has 1 amide bonds. The summed E-state index contributed by atoms with van der Waals surface area (Å²) in [5.41, 5.74) is 0. The smallest absolute Gasteiger partial charge is 0.316 e. The largest absolute Gasteiger partial charge is 0.455 e. The number of rotatable bonds is 4. The molecule has 0 unspecified atom stereocenters. The fourth-order valence-electron chi connectivity index (χ4n) is 3.10. The van der Waals surface area contributed by atoms with E-state index in [1.807, 2.05) is 4.57 Å². The topological polar surface area (TPSA) is 86.0 Å². The Bertz CT molecular complexity index is 774. The lowest BCUT2D eigenvalue weighted by atomic mass is 9.80. The third kappa shape index (κ3) is 3.15. The van der Waals surface area contributed by atoms with Gasteiger partial charge in [0, 0.05) is 44.2 Å². The van der Waals surface area contributed by atoms with Crippen LogP contribution >= 0.6 is 0 Å². The van der Waals surface area contributed by atoms with Crippen molar-refractivity contribution in [1.82, 2.24) is 29.6 Å². The van der Waals surface area contributed by atoms with Crippen molar-refractivity contribution < 1.29 is 18.3 Å². The highest BCUT2D eigenvalue weighted by Crippen LogP contribution is 2.43. The van der Waals surface area contributed by atoms with Gasteiger partial charge in [-0.15, -0.1) is 10.2 Å². The zero-order valence-electron chi connectivity index (χ0n) is 13.3. The van der Waals surface area contributed by atoms with Crippen molar-refractivity contribution in [2.45, 2.75) is 38.5 Å². The average Bonchev–Trinajstić information content (AvgIpc) is 3.00. The van der Waals surface area contributed by atoms with Gasteiger partial charge in [-0.25, -0.2) is 18.7 Å². The first-order chi connectivity index (χ1) is 12.0. The van der Waals surface area contributed by atoms with Gasteiger partial charge in [-0.1, -0.05) is 0 Å². The van der Waals surface area contributed by atoms with Gasteiger partial charge in [0.25, 0.3) is 0 Å². The van der Waals surface area contributed by atoms with E-state index in [0.717, 1.165) is 0 Å². The molecule has 4 rings (SSSR count). The molecular weight excluding hydrogens is 334 g/mol. The van der Waals surface area contributed by atoms with Gasteiger partial charge in [-0.2, -0.15) is 0 Å². The predicted octanol–water partition coefficient (Wildman–Crippen LogP) is 1.03. The zero-order valence-corrected chi connectivity index (χ0v) is 13.3. The van der Waals surface area contributed by atoms with Crippen LogP contribution in [0.5, 0.6) is 6.01 Å². The second-order valence-electron chi connectivity index (χ2n) is 6.23. The van der Waals surface area contributed by atoms with Crippen molar-refractivity contribution in [3.8, 4) is 6.01 Å². The molecule has 10 heteroatoms. The summed E-state index contributed by atoms with van der Waals surface area (Å²) in [4.78, 5) is 21.8. The van der Waals surface area contributed by atoms with Crippen LogP contribution in [0.4, 0.5) is 8.78 Å². The number of carbonyl (C=O) groups excluding carboxylic acids is 1. The molecule has 0 aromatic carbocycles. The lowest BCUT2D eigenvalue weighted by Crippen LogP contribution is -2.48. The number of carbonyl (C=O) groups is 1. The van der Waals surface area contributed by atoms with Gasteiger partial charge in [-0.3, -0.25) is 4.79 Å². The quantitative estimate of drug-likeness (QED) is 0.819. The SMILES string of the molecule is O=C(C1CC(F)(F)C1)N1CCn2c(COc3ncccn3)nnc2C1. The Hall–Kier alpha value is -2.65. The lowest BCUT2D eigenvalue weighted by Gasteiger charge is -2.38. The molecule has 0 atom stereocenters. The molecule has 2 aliphatic rings. The van der Waals surface area contributed by atoms with E-state index < -0.39 is 11.8 Å². The number of hydrogen-bond acceptors (Lipinski definition) is 6. The van der Waals surface area contributed by atoms with Crippen molar-refractivity contribution >= 4 is 5.91 Å². The lowest BCUT2D eigenvalue weighted by molar-refractivity contribution is -0.161. The third-order valence-corrected chi connectivity index (χ3v) is 4.45. The van der Waals surface area contributed by atoms with Crippen LogP contribution in [-0.2, 0) is 24.5 Å². The highest BCUT2D eigenvalue weighted by molar-refractivity contribution is 5.80. The first kappa shape index (κ1) is 15.9. The summed E-state index contributed by atoms with van der Waals surface area (Å²) in [6, 6.07) is 1.94.